The van der Waals surface area contributed by atoms with Crippen LogP contribution in [0, 0.1) is 0 Å². The van der Waals surface area contributed by atoms with E-state index in [-0.39, 0.29) is 0 Å². The number of unbranched alkanes of at least 4 members (excludes halogenated alkanes) is 1. The SMILES string of the molecule is CCCCOCCN(CC)C(C)(C)C(=O)O. The first-order valence-electron chi connectivity index (χ1n) is 6.03. The Bertz CT molecular complexity index is 204. The van der Waals surface area contributed by atoms with Crippen molar-refractivity contribution in [3.8, 4) is 0 Å². The smallest absolute Gasteiger partial charge is 0.323 e. The quantitative estimate of drug-likeness (QED) is 0.617. The molecule has 0 saturated carbocycles. The van der Waals surface area contributed by atoms with E-state index >= 15 is 0 Å². The number of hydrogen-bond donors (Lipinski definition) is 1. The maximum atomic E-state index is 11.1. The molecule has 0 aliphatic rings. The molecule has 0 unspecified atom stereocenters. The highest BCUT2D eigenvalue weighted by Crippen LogP contribution is 2.13. The number of carbonyl (C=O) groups is 1. The van der Waals surface area contributed by atoms with Crippen LogP contribution in [0.4, 0.5) is 0 Å². The lowest BCUT2D eigenvalue weighted by Gasteiger charge is -2.33. The van der Waals surface area contributed by atoms with Gasteiger partial charge in [-0.1, -0.05) is 20.3 Å². The van der Waals surface area contributed by atoms with Crippen molar-refractivity contribution in [2.24, 2.45) is 0 Å². The van der Waals surface area contributed by atoms with E-state index in [1.54, 1.807) is 13.8 Å². The minimum Gasteiger partial charge on any atom is -0.480 e. The van der Waals surface area contributed by atoms with Crippen molar-refractivity contribution < 1.29 is 14.6 Å². The largest absolute Gasteiger partial charge is 0.480 e. The first kappa shape index (κ1) is 15.4. The Labute approximate surface area is 98.6 Å². The Morgan fingerprint density at radius 2 is 1.94 bits per heavy atom. The maximum Gasteiger partial charge on any atom is 0.323 e. The molecule has 0 aliphatic carbocycles. The molecule has 16 heavy (non-hydrogen) atoms. The lowest BCUT2D eigenvalue weighted by atomic mass is 10.0. The first-order chi connectivity index (χ1) is 7.46. The molecule has 1 N–H and O–H groups in total. The van der Waals surface area contributed by atoms with Gasteiger partial charge in [0.2, 0.25) is 0 Å². The molecule has 0 heterocycles. The van der Waals surface area contributed by atoms with Crippen molar-refractivity contribution in [3.05, 3.63) is 0 Å². The average molecular weight is 231 g/mol. The molecule has 0 radical (unpaired) electrons. The zero-order chi connectivity index (χ0) is 12.6. The lowest BCUT2D eigenvalue weighted by molar-refractivity contribution is -0.149. The minimum absolute atomic E-state index is 0.602. The minimum atomic E-state index is -0.817. The van der Waals surface area contributed by atoms with Crippen molar-refractivity contribution in [1.29, 1.82) is 0 Å². The fraction of sp³-hybridized carbons (Fsp3) is 0.917. The molecule has 4 heteroatoms. The lowest BCUT2D eigenvalue weighted by Crippen LogP contribution is -2.51. The summed E-state index contributed by atoms with van der Waals surface area (Å²) in [5, 5.41) is 9.10. The molecule has 0 aromatic heterocycles. The third-order valence-corrected chi connectivity index (χ3v) is 2.84. The number of nitrogens with zero attached hydrogens (tertiary/aromatic N) is 1. The van der Waals surface area contributed by atoms with E-state index < -0.39 is 11.5 Å². The highest BCUT2D eigenvalue weighted by molar-refractivity contribution is 5.77. The van der Waals surface area contributed by atoms with Gasteiger partial charge in [-0.05, 0) is 26.8 Å². The van der Waals surface area contributed by atoms with Gasteiger partial charge in [0, 0.05) is 13.2 Å². The van der Waals surface area contributed by atoms with E-state index in [2.05, 4.69) is 6.92 Å². The normalized spacial score (nSPS) is 12.1. The van der Waals surface area contributed by atoms with Crippen LogP contribution in [-0.2, 0) is 9.53 Å². The molecule has 96 valence electrons. The molecule has 4 nitrogen and oxygen atoms in total. The second-order valence-corrected chi connectivity index (χ2v) is 4.41. The van der Waals surface area contributed by atoms with Crippen molar-refractivity contribution in [2.45, 2.75) is 46.1 Å². The van der Waals surface area contributed by atoms with Gasteiger partial charge in [-0.15, -0.1) is 0 Å². The van der Waals surface area contributed by atoms with E-state index in [1.807, 2.05) is 11.8 Å². The Kier molecular flexibility index (Phi) is 7.34. The summed E-state index contributed by atoms with van der Waals surface area (Å²) in [4.78, 5) is 13.0. The first-order valence-corrected chi connectivity index (χ1v) is 6.03. The third-order valence-electron chi connectivity index (χ3n) is 2.84. The number of carboxylic acids is 1. The topological polar surface area (TPSA) is 49.8 Å². The van der Waals surface area contributed by atoms with Gasteiger partial charge < -0.3 is 9.84 Å². The second kappa shape index (κ2) is 7.63. The van der Waals surface area contributed by atoms with E-state index in [0.717, 1.165) is 26.0 Å². The molecule has 0 aliphatic heterocycles. The third kappa shape index (κ3) is 4.94. The monoisotopic (exact) mass is 231 g/mol. The van der Waals surface area contributed by atoms with Gasteiger partial charge in [0.15, 0.2) is 0 Å². The highest BCUT2D eigenvalue weighted by Gasteiger charge is 2.33. The molecule has 0 atom stereocenters. The molecular weight excluding hydrogens is 206 g/mol. The summed E-state index contributed by atoms with van der Waals surface area (Å²) in [5.74, 6) is -0.789. The summed E-state index contributed by atoms with van der Waals surface area (Å²) < 4.78 is 5.45. The second-order valence-electron chi connectivity index (χ2n) is 4.41. The van der Waals surface area contributed by atoms with Crippen LogP contribution >= 0.6 is 0 Å². The predicted octanol–water partition coefficient (Wildman–Crippen LogP) is 1.99. The number of likely N-dealkylation sites (N-methyl/N-ethyl adjacent to an activating group) is 1. The van der Waals surface area contributed by atoms with Gasteiger partial charge in [-0.3, -0.25) is 9.69 Å². The van der Waals surface area contributed by atoms with Crippen molar-refractivity contribution in [2.75, 3.05) is 26.3 Å². The molecule has 0 fully saturated rings. The van der Waals surface area contributed by atoms with Crippen LogP contribution in [0.25, 0.3) is 0 Å². The summed E-state index contributed by atoms with van der Waals surface area (Å²) in [6.45, 7) is 10.3. The summed E-state index contributed by atoms with van der Waals surface area (Å²) in [7, 11) is 0. The van der Waals surface area contributed by atoms with Gasteiger partial charge in [-0.2, -0.15) is 0 Å². The van der Waals surface area contributed by atoms with Crippen LogP contribution in [-0.4, -0.2) is 47.8 Å². The van der Waals surface area contributed by atoms with Crippen molar-refractivity contribution >= 4 is 5.97 Å². The van der Waals surface area contributed by atoms with Gasteiger partial charge in [-0.25, -0.2) is 0 Å². The van der Waals surface area contributed by atoms with Crippen molar-refractivity contribution in [1.82, 2.24) is 4.90 Å². The molecule has 0 aromatic rings. The number of rotatable bonds is 9. The predicted molar refractivity (Wildman–Crippen MR) is 64.7 cm³/mol. The zero-order valence-electron chi connectivity index (χ0n) is 11.0. The van der Waals surface area contributed by atoms with E-state index in [0.29, 0.717) is 13.2 Å². The Balaban J connectivity index is 3.96. The van der Waals surface area contributed by atoms with Crippen LogP contribution < -0.4 is 0 Å². The van der Waals surface area contributed by atoms with Gasteiger partial charge >= 0.3 is 5.97 Å². The fourth-order valence-corrected chi connectivity index (χ4v) is 1.49. The molecule has 0 aromatic carbocycles. The van der Waals surface area contributed by atoms with Crippen LogP contribution in [0.15, 0.2) is 0 Å². The van der Waals surface area contributed by atoms with E-state index in [1.165, 1.54) is 0 Å². The van der Waals surface area contributed by atoms with E-state index in [4.69, 9.17) is 9.84 Å². The Hall–Kier alpha value is -0.610. The van der Waals surface area contributed by atoms with Crippen LogP contribution in [0.5, 0.6) is 0 Å². The highest BCUT2D eigenvalue weighted by atomic mass is 16.5. The summed E-state index contributed by atoms with van der Waals surface area (Å²) in [6.07, 6.45) is 2.19. The van der Waals surface area contributed by atoms with Gasteiger partial charge in [0.05, 0.1) is 6.61 Å². The van der Waals surface area contributed by atoms with Gasteiger partial charge in [0.1, 0.15) is 5.54 Å². The van der Waals surface area contributed by atoms with Gasteiger partial charge in [0.25, 0.3) is 0 Å². The Morgan fingerprint density at radius 3 is 2.38 bits per heavy atom. The number of aliphatic carboxylic acids is 1. The summed E-state index contributed by atoms with van der Waals surface area (Å²) in [5.41, 5.74) is -0.817. The number of hydrogen-bond acceptors (Lipinski definition) is 3. The molecule has 0 rings (SSSR count). The van der Waals surface area contributed by atoms with Crippen LogP contribution in [0.1, 0.15) is 40.5 Å². The van der Waals surface area contributed by atoms with Crippen LogP contribution in [0.3, 0.4) is 0 Å². The summed E-state index contributed by atoms with van der Waals surface area (Å²) in [6, 6.07) is 0. The standard InChI is InChI=1S/C12H25NO3/c1-5-7-9-16-10-8-13(6-2)12(3,4)11(14)15/h5-10H2,1-4H3,(H,14,15). The van der Waals surface area contributed by atoms with Crippen LogP contribution in [0.2, 0.25) is 0 Å². The number of ether oxygens (including phenoxy) is 1. The molecule has 0 spiro atoms. The average Bonchev–Trinajstić information content (AvgIpc) is 2.22. The summed E-state index contributed by atoms with van der Waals surface area (Å²) >= 11 is 0. The zero-order valence-corrected chi connectivity index (χ0v) is 11.0. The Morgan fingerprint density at radius 1 is 1.31 bits per heavy atom. The maximum absolute atomic E-state index is 11.1. The molecular formula is C12H25NO3. The number of carboxylic acid groups (broad SMARTS) is 1. The van der Waals surface area contributed by atoms with E-state index in [9.17, 15) is 4.79 Å². The molecule has 0 saturated heterocycles. The fourth-order valence-electron chi connectivity index (χ4n) is 1.49. The molecule has 0 amide bonds. The molecule has 0 bridgehead atoms. The van der Waals surface area contributed by atoms with Crippen molar-refractivity contribution in [3.63, 3.8) is 0 Å².